The monoisotopic (exact) mass is 464 g/mol. The molecule has 2 rings (SSSR count). The van der Waals surface area contributed by atoms with E-state index in [0.717, 1.165) is 5.56 Å². The summed E-state index contributed by atoms with van der Waals surface area (Å²) in [5, 5.41) is 17.5. The summed E-state index contributed by atoms with van der Waals surface area (Å²) >= 11 is 0. The van der Waals surface area contributed by atoms with E-state index in [1.807, 2.05) is 6.07 Å². The van der Waals surface area contributed by atoms with Crippen molar-refractivity contribution in [2.45, 2.75) is 44.8 Å². The van der Waals surface area contributed by atoms with Gasteiger partial charge < -0.3 is 25.9 Å². The number of carbonyl (C=O) groups is 4. The number of hydrazone groups is 1. The van der Waals surface area contributed by atoms with Crippen molar-refractivity contribution in [3.63, 3.8) is 0 Å². The number of hydrogen-bond acceptors (Lipinski definition) is 8. The fraction of sp³-hybridized carbons (Fsp3) is 0.421. The first-order chi connectivity index (χ1) is 15.8. The minimum absolute atomic E-state index is 0.0312. The molecule has 3 amide bonds. The van der Waals surface area contributed by atoms with Crippen molar-refractivity contribution in [3.8, 4) is 0 Å². The van der Waals surface area contributed by atoms with E-state index in [2.05, 4.69) is 15.7 Å². The summed E-state index contributed by atoms with van der Waals surface area (Å²) < 4.78 is 5.10. The topological polar surface area (TPSA) is 196 Å². The van der Waals surface area contributed by atoms with Gasteiger partial charge in [-0.15, -0.1) is 5.06 Å². The first-order valence-electron chi connectivity index (χ1n) is 10.0. The lowest BCUT2D eigenvalue weighted by Crippen LogP contribution is -2.45. The average molecular weight is 464 g/mol. The molecular formula is C19H24N6O8. The largest absolute Gasteiger partial charge is 0.445 e. The van der Waals surface area contributed by atoms with Crippen LogP contribution in [0.25, 0.3) is 0 Å². The van der Waals surface area contributed by atoms with Gasteiger partial charge in [0.15, 0.2) is 5.03 Å². The van der Waals surface area contributed by atoms with Crippen LogP contribution in [-0.2, 0) is 30.6 Å². The van der Waals surface area contributed by atoms with Gasteiger partial charge in [-0.1, -0.05) is 30.3 Å². The zero-order valence-electron chi connectivity index (χ0n) is 17.6. The highest BCUT2D eigenvalue weighted by Gasteiger charge is 2.35. The maximum Gasteiger partial charge on any atom is 0.408 e. The molecule has 14 heteroatoms. The minimum Gasteiger partial charge on any atom is -0.445 e. The van der Waals surface area contributed by atoms with Crippen LogP contribution < -0.4 is 16.4 Å². The van der Waals surface area contributed by atoms with Crippen molar-refractivity contribution in [2.24, 2.45) is 10.8 Å². The summed E-state index contributed by atoms with van der Waals surface area (Å²) in [4.78, 5) is 63.2. The first-order valence-corrected chi connectivity index (χ1v) is 10.0. The molecule has 0 spiro atoms. The lowest BCUT2D eigenvalue weighted by Gasteiger charge is -2.20. The number of imide groups is 1. The van der Waals surface area contributed by atoms with Gasteiger partial charge >= 0.3 is 12.1 Å². The van der Waals surface area contributed by atoms with E-state index in [9.17, 15) is 29.3 Å². The number of carbonyl (C=O) groups excluding carboxylic acids is 4. The van der Waals surface area contributed by atoms with Crippen molar-refractivity contribution in [2.75, 3.05) is 6.54 Å². The van der Waals surface area contributed by atoms with E-state index in [4.69, 9.17) is 15.3 Å². The Morgan fingerprint density at radius 3 is 2.48 bits per heavy atom. The highest BCUT2D eigenvalue weighted by Crippen LogP contribution is 2.14. The second-order valence-corrected chi connectivity index (χ2v) is 6.90. The number of nitrogens with one attached hydrogen (secondary N) is 2. The molecule has 0 bridgehead atoms. The van der Waals surface area contributed by atoms with Crippen LogP contribution in [-0.4, -0.2) is 52.5 Å². The second-order valence-electron chi connectivity index (χ2n) is 6.90. The van der Waals surface area contributed by atoms with Crippen LogP contribution in [0.4, 0.5) is 4.79 Å². The lowest BCUT2D eigenvalue weighted by atomic mass is 10.1. The summed E-state index contributed by atoms with van der Waals surface area (Å²) in [5.41, 5.74) is 6.05. The third-order valence-electron chi connectivity index (χ3n) is 4.39. The molecule has 4 N–H and O–H groups in total. The minimum atomic E-state index is -1.21. The van der Waals surface area contributed by atoms with Gasteiger partial charge in [0.05, 0.1) is 0 Å². The highest BCUT2D eigenvalue weighted by molar-refractivity contribution is 6.01. The fourth-order valence-corrected chi connectivity index (χ4v) is 2.78. The average Bonchev–Trinajstić information content (AvgIpc) is 3.08. The maximum absolute atomic E-state index is 12.5. The zero-order valence-corrected chi connectivity index (χ0v) is 17.6. The number of guanidine groups is 1. The number of nitrogens with zero attached hydrogens (tertiary/aromatic N) is 3. The lowest BCUT2D eigenvalue weighted by molar-refractivity contribution is -0.485. The van der Waals surface area contributed by atoms with Gasteiger partial charge in [-0.05, 0) is 24.8 Å². The van der Waals surface area contributed by atoms with Crippen LogP contribution >= 0.6 is 0 Å². The molecule has 1 aliphatic rings. The van der Waals surface area contributed by atoms with Gasteiger partial charge in [0.1, 0.15) is 17.8 Å². The number of unbranched alkanes of at least 4 members (excludes halogenated alkanes) is 1. The molecule has 0 aliphatic carbocycles. The maximum atomic E-state index is 12.5. The molecule has 1 atom stereocenters. The van der Waals surface area contributed by atoms with Crippen molar-refractivity contribution >= 4 is 29.8 Å². The molecule has 14 nitrogen and oxygen atoms in total. The highest BCUT2D eigenvalue weighted by atomic mass is 16.7. The molecule has 178 valence electrons. The number of rotatable bonds is 11. The summed E-state index contributed by atoms with van der Waals surface area (Å²) in [6, 6.07) is 7.66. The number of nitrogens with two attached hydrogens (primary N) is 1. The number of hydrogen-bond donors (Lipinski definition) is 3. The third kappa shape index (κ3) is 8.80. The number of ether oxygens (including phenoxy) is 1. The summed E-state index contributed by atoms with van der Waals surface area (Å²) in [6.45, 7) is 0.184. The Hall–Kier alpha value is -4.23. The number of alkyl carbamates (subject to hydrolysis) is 1. The van der Waals surface area contributed by atoms with Crippen molar-refractivity contribution < 1.29 is 33.8 Å². The third-order valence-corrected chi connectivity index (χ3v) is 4.39. The van der Waals surface area contributed by atoms with Gasteiger partial charge in [0.25, 0.3) is 17.8 Å². The van der Waals surface area contributed by atoms with E-state index in [1.165, 1.54) is 0 Å². The first kappa shape index (κ1) is 25.0. The number of nitro groups is 1. The van der Waals surface area contributed by atoms with Gasteiger partial charge in [-0.2, -0.15) is 0 Å². The molecule has 1 fully saturated rings. The van der Waals surface area contributed by atoms with Crippen LogP contribution in [0.5, 0.6) is 0 Å². The molecule has 1 aliphatic heterocycles. The standard InChI is InChI=1S/C19H24N6O8/c20-18(23-25(30)31)21-11-5-4-8-14(17(28)33-24-15(26)9-10-16(24)27)22-19(29)32-12-13-6-2-1-3-7-13/h1-3,6-7,14H,4-5,8-12H2,(H,22,29)(H3,20,21,23)/t14-/m0/s1. The fourth-order valence-electron chi connectivity index (χ4n) is 2.78. The molecule has 1 aromatic rings. The molecule has 0 saturated carbocycles. The van der Waals surface area contributed by atoms with Crippen LogP contribution in [0.3, 0.4) is 0 Å². The van der Waals surface area contributed by atoms with E-state index < -0.39 is 35.0 Å². The van der Waals surface area contributed by atoms with Crippen molar-refractivity contribution in [3.05, 3.63) is 46.0 Å². The van der Waals surface area contributed by atoms with E-state index in [-0.39, 0.29) is 38.4 Å². The smallest absolute Gasteiger partial charge is 0.408 e. The van der Waals surface area contributed by atoms with E-state index in [1.54, 1.807) is 24.3 Å². The predicted octanol–water partition coefficient (Wildman–Crippen LogP) is 0.155. The van der Waals surface area contributed by atoms with Gasteiger partial charge in [0.2, 0.25) is 0 Å². The molecule has 0 unspecified atom stereocenters. The molecular weight excluding hydrogens is 440 g/mol. The van der Waals surface area contributed by atoms with Crippen molar-refractivity contribution in [1.29, 1.82) is 0 Å². The molecule has 1 saturated heterocycles. The zero-order chi connectivity index (χ0) is 24.2. The molecule has 0 radical (unpaired) electrons. The van der Waals surface area contributed by atoms with E-state index in [0.29, 0.717) is 17.9 Å². The van der Waals surface area contributed by atoms with Crippen LogP contribution in [0.15, 0.2) is 35.4 Å². The van der Waals surface area contributed by atoms with Gasteiger partial charge in [-0.3, -0.25) is 9.59 Å². The second kappa shape index (κ2) is 12.6. The van der Waals surface area contributed by atoms with Crippen LogP contribution in [0, 0.1) is 10.1 Å². The number of hydroxylamine groups is 2. The van der Waals surface area contributed by atoms with Crippen LogP contribution in [0.1, 0.15) is 37.7 Å². The summed E-state index contributed by atoms with van der Waals surface area (Å²) in [5.74, 6) is -2.67. The Labute approximate surface area is 188 Å². The Kier molecular flexibility index (Phi) is 9.55. The molecule has 1 heterocycles. The van der Waals surface area contributed by atoms with Crippen LogP contribution in [0.2, 0.25) is 0 Å². The number of benzene rings is 1. The Balaban J connectivity index is 1.89. The Morgan fingerprint density at radius 2 is 1.85 bits per heavy atom. The van der Waals surface area contributed by atoms with Crippen molar-refractivity contribution in [1.82, 2.24) is 15.7 Å². The predicted molar refractivity (Wildman–Crippen MR) is 111 cm³/mol. The normalized spacial score (nSPS) is 14.5. The molecule has 33 heavy (non-hydrogen) atoms. The Morgan fingerprint density at radius 1 is 1.18 bits per heavy atom. The quantitative estimate of drug-likeness (QED) is 0.101. The van der Waals surface area contributed by atoms with E-state index >= 15 is 0 Å². The Bertz CT molecular complexity index is 891. The SMILES string of the molecule is N/C(=N\[N+](=O)[O-])NCCCC[C@H](NC(=O)OCc1ccccc1)C(=O)ON1C(=O)CCC1=O. The van der Waals surface area contributed by atoms with Gasteiger partial charge in [0, 0.05) is 19.4 Å². The summed E-state index contributed by atoms with van der Waals surface area (Å²) in [7, 11) is 0. The molecule has 0 aromatic heterocycles. The number of amides is 3. The van der Waals surface area contributed by atoms with Gasteiger partial charge in [-0.25, -0.2) is 19.7 Å². The molecule has 1 aromatic carbocycles. The summed E-state index contributed by atoms with van der Waals surface area (Å²) in [6.07, 6.45) is -0.201.